The van der Waals surface area contributed by atoms with E-state index in [1.165, 1.54) is 7.11 Å². The van der Waals surface area contributed by atoms with Crippen LogP contribution in [0.5, 0.6) is 5.75 Å². The number of H-pyrrole nitrogens is 2. The van der Waals surface area contributed by atoms with Crippen molar-refractivity contribution in [2.24, 2.45) is 17.8 Å². The zero-order chi connectivity index (χ0) is 45.1. The van der Waals surface area contributed by atoms with Gasteiger partial charge in [-0.2, -0.15) is 0 Å². The van der Waals surface area contributed by atoms with Gasteiger partial charge in [0, 0.05) is 23.5 Å². The zero-order valence-corrected chi connectivity index (χ0v) is 37.4. The van der Waals surface area contributed by atoms with Crippen LogP contribution in [0.15, 0.2) is 48.7 Å². The Kier molecular flexibility index (Phi) is 11.5. The molecule has 2 aromatic heterocycles. The SMILES string of the molecule is COC(=O)N[C@H](C(=O)N1C[C@@H](C)C[C@H]1c1nc2c(ccc3cc4c(cc32)OCc2cc(-c3cnc([C@@H]5CC[C@H](C)N5C(=O)[C@@H](NC(=O)O)C(C)C)[nH]3)ccc2-4)[nH]1)C1C[C@@H](C)O[C@H](C)C1. The lowest BCUT2D eigenvalue weighted by molar-refractivity contribution is -0.139. The normalized spacial score (nSPS) is 25.2. The number of nitrogens with one attached hydrogen (secondary N) is 4. The summed E-state index contributed by atoms with van der Waals surface area (Å²) >= 11 is 0. The molecule has 3 saturated heterocycles. The van der Waals surface area contributed by atoms with Crippen LogP contribution in [0.1, 0.15) is 103 Å². The first-order chi connectivity index (χ1) is 30.7. The summed E-state index contributed by atoms with van der Waals surface area (Å²) in [7, 11) is 1.31. The van der Waals surface area contributed by atoms with Crippen molar-refractivity contribution in [3.8, 4) is 28.1 Å². The molecule has 0 bridgehead atoms. The van der Waals surface area contributed by atoms with E-state index in [1.807, 2.05) is 45.6 Å². The Bertz CT molecular complexity index is 2610. The van der Waals surface area contributed by atoms with Crippen molar-refractivity contribution in [1.29, 1.82) is 0 Å². The predicted octanol–water partition coefficient (Wildman–Crippen LogP) is 7.85. The molecule has 0 aliphatic carbocycles. The van der Waals surface area contributed by atoms with Gasteiger partial charge in [0.15, 0.2) is 0 Å². The van der Waals surface area contributed by atoms with Crippen molar-refractivity contribution >= 4 is 45.8 Å². The molecular formula is C48H58N8O8. The number of imidazole rings is 2. The first kappa shape index (κ1) is 43.1. The Morgan fingerprint density at radius 1 is 0.891 bits per heavy atom. The number of hydrogen-bond donors (Lipinski definition) is 5. The van der Waals surface area contributed by atoms with Crippen LogP contribution in [-0.2, 0) is 25.7 Å². The van der Waals surface area contributed by atoms with Gasteiger partial charge in [0.2, 0.25) is 11.8 Å². The van der Waals surface area contributed by atoms with E-state index in [1.54, 1.807) is 11.1 Å². The predicted molar refractivity (Wildman–Crippen MR) is 239 cm³/mol. The van der Waals surface area contributed by atoms with Gasteiger partial charge in [-0.1, -0.05) is 39.0 Å². The molecule has 4 aliphatic heterocycles. The Balaban J connectivity index is 0.969. The van der Waals surface area contributed by atoms with Crippen molar-refractivity contribution in [3.05, 3.63) is 65.9 Å². The van der Waals surface area contributed by atoms with E-state index in [9.17, 15) is 24.3 Å². The molecule has 16 nitrogen and oxygen atoms in total. The Labute approximate surface area is 371 Å². The minimum absolute atomic E-state index is 0.0354. The minimum Gasteiger partial charge on any atom is -0.488 e. The van der Waals surface area contributed by atoms with Crippen LogP contribution in [0.2, 0.25) is 0 Å². The average molecular weight is 875 g/mol. The molecular weight excluding hydrogens is 817 g/mol. The van der Waals surface area contributed by atoms with Crippen molar-refractivity contribution in [2.75, 3.05) is 13.7 Å². The van der Waals surface area contributed by atoms with Gasteiger partial charge in [-0.15, -0.1) is 0 Å². The Morgan fingerprint density at radius 2 is 1.67 bits per heavy atom. The fourth-order valence-corrected chi connectivity index (χ4v) is 10.7. The molecule has 338 valence electrons. The highest BCUT2D eigenvalue weighted by Gasteiger charge is 2.44. The number of aromatic nitrogens is 4. The highest BCUT2D eigenvalue weighted by atomic mass is 16.5. The zero-order valence-electron chi connectivity index (χ0n) is 37.4. The highest BCUT2D eigenvalue weighted by molar-refractivity contribution is 6.07. The quantitative estimate of drug-likeness (QED) is 0.0970. The lowest BCUT2D eigenvalue weighted by Gasteiger charge is -2.38. The fraction of sp³-hybridized carbons (Fsp3) is 0.500. The molecule has 3 fully saturated rings. The smallest absolute Gasteiger partial charge is 0.407 e. The largest absolute Gasteiger partial charge is 0.488 e. The van der Waals surface area contributed by atoms with Crippen LogP contribution in [0.4, 0.5) is 9.59 Å². The third-order valence-corrected chi connectivity index (χ3v) is 13.8. The highest BCUT2D eigenvalue weighted by Crippen LogP contribution is 2.44. The topological polar surface area (TPSA) is 204 Å². The second-order valence-electron chi connectivity index (χ2n) is 18.8. The van der Waals surface area contributed by atoms with Gasteiger partial charge in [-0.05, 0) is 117 Å². The van der Waals surface area contributed by atoms with Crippen molar-refractivity contribution in [3.63, 3.8) is 0 Å². The number of likely N-dealkylation sites (tertiary alicyclic amines) is 2. The molecule has 4 amide bonds. The second-order valence-corrected chi connectivity index (χ2v) is 18.8. The maximum atomic E-state index is 14.5. The Hall–Kier alpha value is -6.16. The number of methoxy groups -OCH3 is 1. The molecule has 8 atom stereocenters. The number of hydrogen-bond acceptors (Lipinski definition) is 9. The lowest BCUT2D eigenvalue weighted by atomic mass is 9.85. The van der Waals surface area contributed by atoms with E-state index >= 15 is 0 Å². The van der Waals surface area contributed by atoms with Crippen molar-refractivity contribution < 1.29 is 38.5 Å². The summed E-state index contributed by atoms with van der Waals surface area (Å²) in [5.74, 6) is 1.67. The monoisotopic (exact) mass is 874 g/mol. The van der Waals surface area contributed by atoms with Crippen LogP contribution in [0.3, 0.4) is 0 Å². The number of amides is 4. The van der Waals surface area contributed by atoms with Crippen LogP contribution >= 0.6 is 0 Å². The minimum atomic E-state index is -1.22. The first-order valence-electron chi connectivity index (χ1n) is 22.6. The maximum absolute atomic E-state index is 14.5. The Morgan fingerprint density at radius 3 is 2.41 bits per heavy atom. The summed E-state index contributed by atoms with van der Waals surface area (Å²) in [6.07, 6.45) is 3.41. The third kappa shape index (κ3) is 8.01. The van der Waals surface area contributed by atoms with Crippen LogP contribution in [0, 0.1) is 17.8 Å². The molecule has 5 aromatic rings. The summed E-state index contributed by atoms with van der Waals surface area (Å²) in [5, 5.41) is 16.7. The molecule has 0 saturated carbocycles. The van der Waals surface area contributed by atoms with E-state index in [0.29, 0.717) is 37.6 Å². The number of carbonyl (C=O) groups excluding carboxylic acids is 3. The molecule has 16 heteroatoms. The van der Waals surface area contributed by atoms with Crippen molar-refractivity contribution in [2.45, 2.75) is 123 Å². The van der Waals surface area contributed by atoms with E-state index in [-0.39, 0.29) is 59.9 Å². The van der Waals surface area contributed by atoms with Crippen molar-refractivity contribution in [1.82, 2.24) is 40.4 Å². The second kappa shape index (κ2) is 17.1. The number of ether oxygens (including phenoxy) is 3. The van der Waals surface area contributed by atoms with E-state index < -0.39 is 24.3 Å². The molecule has 3 aromatic carbocycles. The molecule has 64 heavy (non-hydrogen) atoms. The summed E-state index contributed by atoms with van der Waals surface area (Å²) in [4.78, 5) is 73.0. The summed E-state index contributed by atoms with van der Waals surface area (Å²) in [6, 6.07) is 12.3. The average Bonchev–Trinajstić information content (AvgIpc) is 4.08. The van der Waals surface area contributed by atoms with Gasteiger partial charge >= 0.3 is 12.2 Å². The molecule has 0 spiro atoms. The standard InChI is InChI=1S/C48H58N8O8/c1-23(2)40(53-47(59)60)46(58)56-25(4)8-13-37(56)43-49-20-36(51-43)29-9-11-32-31(17-29)22-63-39-19-33-28(18-34(32)39)10-12-35-42(33)52-44(50-35)38-14-24(3)21-55(38)45(57)41(54-48(61)62-7)30-15-26(5)64-27(6)16-30/h9-12,17-20,23-27,30,37-38,40-41,53H,8,13-16,21-22H2,1-7H3,(H,49,51)(H,50,52)(H,54,61)(H,59,60)/t24-,25-,26+,27+,37-,38-,40-,41-/m0/s1. The van der Waals surface area contributed by atoms with Gasteiger partial charge in [-0.3, -0.25) is 9.59 Å². The summed E-state index contributed by atoms with van der Waals surface area (Å²) < 4.78 is 17.4. The number of carboxylic acid groups (broad SMARTS) is 1. The molecule has 6 heterocycles. The molecule has 0 radical (unpaired) electrons. The number of aromatic amines is 2. The van der Waals surface area contributed by atoms with Crippen LogP contribution in [-0.4, -0.2) is 103 Å². The number of nitrogens with zero attached hydrogens (tertiary/aromatic N) is 4. The van der Waals surface area contributed by atoms with Gasteiger partial charge < -0.3 is 49.7 Å². The first-order valence-corrected chi connectivity index (χ1v) is 22.6. The molecule has 5 N–H and O–H groups in total. The van der Waals surface area contributed by atoms with E-state index in [4.69, 9.17) is 24.2 Å². The number of rotatable bonds is 9. The number of alkyl carbamates (subject to hydrolysis) is 1. The molecule has 0 unspecified atom stereocenters. The molecule has 9 rings (SSSR count). The summed E-state index contributed by atoms with van der Waals surface area (Å²) in [6.45, 7) is 12.7. The van der Waals surface area contributed by atoms with Gasteiger partial charge in [0.1, 0.15) is 36.1 Å². The van der Waals surface area contributed by atoms with Crippen LogP contribution < -0.4 is 15.4 Å². The number of benzene rings is 3. The van der Waals surface area contributed by atoms with E-state index in [0.717, 1.165) is 74.8 Å². The summed E-state index contributed by atoms with van der Waals surface area (Å²) in [5.41, 5.74) is 6.49. The van der Waals surface area contributed by atoms with E-state index in [2.05, 4.69) is 63.9 Å². The maximum Gasteiger partial charge on any atom is 0.407 e. The fourth-order valence-electron chi connectivity index (χ4n) is 10.7. The van der Waals surface area contributed by atoms with Gasteiger partial charge in [-0.25, -0.2) is 19.6 Å². The number of carbonyl (C=O) groups is 4. The lowest BCUT2D eigenvalue weighted by Crippen LogP contribution is -2.54. The van der Waals surface area contributed by atoms with Gasteiger partial charge in [0.05, 0.1) is 54.3 Å². The number of fused-ring (bicyclic) bond motifs is 6. The van der Waals surface area contributed by atoms with Crippen LogP contribution in [0.25, 0.3) is 44.2 Å². The van der Waals surface area contributed by atoms with Gasteiger partial charge in [0.25, 0.3) is 0 Å². The third-order valence-electron chi connectivity index (χ3n) is 13.8. The molecule has 4 aliphatic rings.